The maximum absolute atomic E-state index is 11.7. The summed E-state index contributed by atoms with van der Waals surface area (Å²) in [7, 11) is 0. The first-order valence-electron chi connectivity index (χ1n) is 5.92. The third-order valence-electron chi connectivity index (χ3n) is 3.65. The number of carbonyl (C=O) groups is 1. The molecule has 0 radical (unpaired) electrons. The number of amidine groups is 1. The zero-order valence-corrected chi connectivity index (χ0v) is 9.90. The maximum atomic E-state index is 11.7. The van der Waals surface area contributed by atoms with Gasteiger partial charge in [0.15, 0.2) is 0 Å². The van der Waals surface area contributed by atoms with Gasteiger partial charge >= 0.3 is 6.03 Å². The number of hydrogen-bond acceptors (Lipinski definition) is 3. The predicted molar refractivity (Wildman–Crippen MR) is 61.4 cm³/mol. The molecular weight excluding hydrogens is 206 g/mol. The monoisotopic (exact) mass is 225 g/mol. The lowest BCUT2D eigenvalue weighted by molar-refractivity contribution is -0.0336. The molecule has 2 rings (SSSR count). The van der Waals surface area contributed by atoms with E-state index in [4.69, 9.17) is 10.5 Å². The Kier molecular flexibility index (Phi) is 2.88. The van der Waals surface area contributed by atoms with Crippen LogP contribution in [0.25, 0.3) is 0 Å². The molecule has 2 N–H and O–H groups in total. The van der Waals surface area contributed by atoms with E-state index >= 15 is 0 Å². The summed E-state index contributed by atoms with van der Waals surface area (Å²) in [6, 6.07) is -0.197. The zero-order chi connectivity index (χ0) is 11.8. The van der Waals surface area contributed by atoms with Gasteiger partial charge in [-0.2, -0.15) is 4.99 Å². The average molecular weight is 225 g/mol. The molecule has 2 amide bonds. The molecule has 1 saturated heterocycles. The van der Waals surface area contributed by atoms with Gasteiger partial charge in [0.05, 0.1) is 6.10 Å². The summed E-state index contributed by atoms with van der Waals surface area (Å²) in [5.41, 5.74) is 5.58. The molecule has 2 aliphatic rings. The third kappa shape index (κ3) is 1.50. The van der Waals surface area contributed by atoms with Crippen molar-refractivity contribution in [1.82, 2.24) is 4.90 Å². The fourth-order valence-corrected chi connectivity index (χ4v) is 2.70. The highest BCUT2D eigenvalue weighted by molar-refractivity contribution is 6.05. The average Bonchev–Trinajstić information content (AvgIpc) is 2.50. The van der Waals surface area contributed by atoms with Crippen LogP contribution in [0.4, 0.5) is 4.79 Å². The van der Waals surface area contributed by atoms with Gasteiger partial charge in [-0.05, 0) is 13.3 Å². The topological polar surface area (TPSA) is 67.9 Å². The van der Waals surface area contributed by atoms with Crippen LogP contribution in [0.3, 0.4) is 0 Å². The molecular formula is C11H19N3O2. The molecule has 0 aromatic carbocycles. The minimum atomic E-state index is -0.370. The van der Waals surface area contributed by atoms with Crippen molar-refractivity contribution in [2.24, 2.45) is 10.7 Å². The molecule has 1 spiro atoms. The molecule has 90 valence electrons. The van der Waals surface area contributed by atoms with Crippen molar-refractivity contribution < 1.29 is 9.53 Å². The highest BCUT2D eigenvalue weighted by Gasteiger charge is 2.50. The Morgan fingerprint density at radius 1 is 1.62 bits per heavy atom. The van der Waals surface area contributed by atoms with E-state index in [1.165, 1.54) is 0 Å². The summed E-state index contributed by atoms with van der Waals surface area (Å²) in [5.74, 6) is 0.473. The summed E-state index contributed by atoms with van der Waals surface area (Å²) in [6.45, 7) is 5.35. The number of carbonyl (C=O) groups excluding carboxylic acids is 1. The Morgan fingerprint density at radius 3 is 3.00 bits per heavy atom. The van der Waals surface area contributed by atoms with E-state index in [-0.39, 0.29) is 17.7 Å². The standard InChI is InChI=1S/C11H19N3O2/c1-3-8-7-11(5-6-16-8)9(12)13-10(15)14(11)4-2/h8H,3-7H2,1-2H3,(H2,12,13,15). The quantitative estimate of drug-likeness (QED) is 0.766. The van der Waals surface area contributed by atoms with Crippen LogP contribution >= 0.6 is 0 Å². The SMILES string of the molecule is CCC1CC2(CCO1)C(N)=NC(=O)N2CC. The highest BCUT2D eigenvalue weighted by Crippen LogP contribution is 2.36. The van der Waals surface area contributed by atoms with Gasteiger partial charge in [0.2, 0.25) is 0 Å². The van der Waals surface area contributed by atoms with E-state index in [1.807, 2.05) is 6.92 Å². The molecule has 0 saturated carbocycles. The number of hydrogen-bond donors (Lipinski definition) is 1. The molecule has 0 aromatic rings. The van der Waals surface area contributed by atoms with E-state index in [2.05, 4.69) is 11.9 Å². The van der Waals surface area contributed by atoms with Crippen molar-refractivity contribution in [3.05, 3.63) is 0 Å². The second kappa shape index (κ2) is 4.05. The normalized spacial score (nSPS) is 34.6. The molecule has 2 heterocycles. The molecule has 0 bridgehead atoms. The summed E-state index contributed by atoms with van der Waals surface area (Å²) in [4.78, 5) is 17.4. The second-order valence-corrected chi connectivity index (χ2v) is 4.41. The lowest BCUT2D eigenvalue weighted by Gasteiger charge is -2.43. The summed E-state index contributed by atoms with van der Waals surface area (Å²) < 4.78 is 5.64. The third-order valence-corrected chi connectivity index (χ3v) is 3.65. The molecule has 5 heteroatoms. The van der Waals surface area contributed by atoms with Gasteiger partial charge in [0.25, 0.3) is 0 Å². The number of nitrogens with two attached hydrogens (primary N) is 1. The number of urea groups is 1. The number of ether oxygens (including phenoxy) is 1. The highest BCUT2D eigenvalue weighted by atomic mass is 16.5. The number of aliphatic imine (C=N–C) groups is 1. The lowest BCUT2D eigenvalue weighted by Crippen LogP contribution is -2.58. The lowest BCUT2D eigenvalue weighted by atomic mass is 9.84. The van der Waals surface area contributed by atoms with Crippen LogP contribution in [-0.4, -0.2) is 41.6 Å². The van der Waals surface area contributed by atoms with Crippen LogP contribution in [0.15, 0.2) is 4.99 Å². The summed E-state index contributed by atoms with van der Waals surface area (Å²) in [6.07, 6.45) is 2.67. The van der Waals surface area contributed by atoms with Crippen molar-refractivity contribution in [1.29, 1.82) is 0 Å². The number of rotatable bonds is 2. The van der Waals surface area contributed by atoms with Gasteiger partial charge in [0.1, 0.15) is 11.4 Å². The van der Waals surface area contributed by atoms with Gasteiger partial charge in [-0.15, -0.1) is 0 Å². The molecule has 0 aromatic heterocycles. The van der Waals surface area contributed by atoms with Crippen molar-refractivity contribution in [2.75, 3.05) is 13.2 Å². The minimum Gasteiger partial charge on any atom is -0.385 e. The van der Waals surface area contributed by atoms with E-state index in [9.17, 15) is 4.79 Å². The largest absolute Gasteiger partial charge is 0.385 e. The molecule has 5 nitrogen and oxygen atoms in total. The predicted octanol–water partition coefficient (Wildman–Crippen LogP) is 1.13. The fourth-order valence-electron chi connectivity index (χ4n) is 2.70. The van der Waals surface area contributed by atoms with E-state index in [0.29, 0.717) is 19.0 Å². The van der Waals surface area contributed by atoms with Crippen molar-refractivity contribution in [2.45, 2.75) is 44.8 Å². The van der Waals surface area contributed by atoms with E-state index in [0.717, 1.165) is 19.3 Å². The van der Waals surface area contributed by atoms with Gasteiger partial charge in [0, 0.05) is 26.0 Å². The Labute approximate surface area is 95.6 Å². The number of amides is 2. The van der Waals surface area contributed by atoms with Crippen molar-refractivity contribution in [3.63, 3.8) is 0 Å². The maximum Gasteiger partial charge on any atom is 0.346 e. The Morgan fingerprint density at radius 2 is 2.38 bits per heavy atom. The fraction of sp³-hybridized carbons (Fsp3) is 0.818. The van der Waals surface area contributed by atoms with Crippen molar-refractivity contribution in [3.8, 4) is 0 Å². The first-order valence-corrected chi connectivity index (χ1v) is 5.92. The Hall–Kier alpha value is -1.10. The number of nitrogens with zero attached hydrogens (tertiary/aromatic N) is 2. The minimum absolute atomic E-state index is 0.183. The van der Waals surface area contributed by atoms with Crippen LogP contribution in [0.2, 0.25) is 0 Å². The van der Waals surface area contributed by atoms with Crippen LogP contribution in [0.5, 0.6) is 0 Å². The van der Waals surface area contributed by atoms with Gasteiger partial charge in [-0.3, -0.25) is 0 Å². The smallest absolute Gasteiger partial charge is 0.346 e. The first-order chi connectivity index (χ1) is 7.64. The van der Waals surface area contributed by atoms with E-state index < -0.39 is 0 Å². The molecule has 0 aliphatic carbocycles. The van der Waals surface area contributed by atoms with E-state index in [1.54, 1.807) is 4.90 Å². The van der Waals surface area contributed by atoms with Crippen LogP contribution in [0.1, 0.15) is 33.1 Å². The van der Waals surface area contributed by atoms with Crippen LogP contribution < -0.4 is 5.73 Å². The van der Waals surface area contributed by atoms with Crippen LogP contribution in [-0.2, 0) is 4.74 Å². The second-order valence-electron chi connectivity index (χ2n) is 4.41. The Bertz CT molecular complexity index is 329. The number of likely N-dealkylation sites (N-methyl/N-ethyl adjacent to an activating group) is 1. The van der Waals surface area contributed by atoms with Gasteiger partial charge < -0.3 is 15.4 Å². The van der Waals surface area contributed by atoms with Crippen molar-refractivity contribution >= 4 is 11.9 Å². The first kappa shape index (κ1) is 11.4. The molecule has 2 aliphatic heterocycles. The molecule has 2 unspecified atom stereocenters. The summed E-state index contributed by atoms with van der Waals surface area (Å²) >= 11 is 0. The zero-order valence-electron chi connectivity index (χ0n) is 9.90. The van der Waals surface area contributed by atoms with Gasteiger partial charge in [-0.1, -0.05) is 6.92 Å². The molecule has 1 fully saturated rings. The van der Waals surface area contributed by atoms with Crippen LogP contribution in [0, 0.1) is 0 Å². The Balaban J connectivity index is 2.28. The molecule has 16 heavy (non-hydrogen) atoms. The summed E-state index contributed by atoms with van der Waals surface area (Å²) in [5, 5.41) is 0. The molecule has 2 atom stereocenters. The van der Waals surface area contributed by atoms with Gasteiger partial charge in [-0.25, -0.2) is 4.79 Å².